The minimum Gasteiger partial charge on any atom is -0.494 e. The molecule has 29 heavy (non-hydrogen) atoms. The minimum atomic E-state index is -3.10. The number of ether oxygens (including phenoxy) is 1. The van der Waals surface area contributed by atoms with E-state index in [1.54, 1.807) is 26.2 Å². The summed E-state index contributed by atoms with van der Waals surface area (Å²) in [5, 5.41) is 3.20. The fourth-order valence-corrected chi connectivity index (χ4v) is 2.77. The Morgan fingerprint density at radius 2 is 1.90 bits per heavy atom. The lowest BCUT2D eigenvalue weighted by molar-refractivity contribution is -0.128. The van der Waals surface area contributed by atoms with Crippen LogP contribution in [0.25, 0.3) is 0 Å². The van der Waals surface area contributed by atoms with Gasteiger partial charge in [-0.05, 0) is 42.7 Å². The molecular formula is C21H26Cl2F2N2O2. The summed E-state index contributed by atoms with van der Waals surface area (Å²) >= 11 is 5.95. The maximum absolute atomic E-state index is 14.4. The maximum atomic E-state index is 14.4. The number of hydrogen-bond donors (Lipinski definition) is 1. The first-order valence-electron chi connectivity index (χ1n) is 9.04. The second-order valence-corrected chi connectivity index (χ2v) is 7.14. The third-order valence-electron chi connectivity index (χ3n) is 4.15. The van der Waals surface area contributed by atoms with Gasteiger partial charge < -0.3 is 15.0 Å². The molecule has 0 saturated heterocycles. The van der Waals surface area contributed by atoms with Crippen molar-refractivity contribution in [3.8, 4) is 5.75 Å². The Bertz CT molecular complexity index is 789. The third-order valence-corrected chi connectivity index (χ3v) is 4.38. The van der Waals surface area contributed by atoms with Gasteiger partial charge in [0, 0.05) is 24.7 Å². The number of carbonyl (C=O) groups is 1. The summed E-state index contributed by atoms with van der Waals surface area (Å²) in [7, 11) is 3.16. The van der Waals surface area contributed by atoms with Crippen molar-refractivity contribution in [2.24, 2.45) is 0 Å². The Morgan fingerprint density at radius 1 is 1.17 bits per heavy atom. The number of nitrogens with zero attached hydrogens (tertiary/aromatic N) is 1. The molecular weight excluding hydrogens is 421 g/mol. The van der Waals surface area contributed by atoms with E-state index in [2.05, 4.69) is 5.32 Å². The lowest BCUT2D eigenvalue weighted by Gasteiger charge is -2.19. The average Bonchev–Trinajstić information content (AvgIpc) is 2.65. The zero-order valence-corrected chi connectivity index (χ0v) is 18.0. The van der Waals surface area contributed by atoms with Crippen molar-refractivity contribution in [1.29, 1.82) is 0 Å². The summed E-state index contributed by atoms with van der Waals surface area (Å²) < 4.78 is 34.4. The topological polar surface area (TPSA) is 41.6 Å². The normalized spacial score (nSPS) is 10.9. The van der Waals surface area contributed by atoms with E-state index in [0.717, 1.165) is 18.4 Å². The van der Waals surface area contributed by atoms with Crippen LogP contribution in [0, 0.1) is 0 Å². The number of nitrogens with one attached hydrogen (secondary N) is 1. The van der Waals surface area contributed by atoms with E-state index in [4.69, 9.17) is 16.3 Å². The predicted octanol–water partition coefficient (Wildman–Crippen LogP) is 4.54. The highest BCUT2D eigenvalue weighted by atomic mass is 35.5. The van der Waals surface area contributed by atoms with Crippen molar-refractivity contribution in [3.05, 3.63) is 64.7 Å². The molecule has 160 valence electrons. The SMILES string of the molecule is CN(C)C(=O)CNCC(F)(F)c1cccc(OCCCc2cccc(Cl)c2)c1.Cl. The van der Waals surface area contributed by atoms with Gasteiger partial charge in [-0.25, -0.2) is 0 Å². The van der Waals surface area contributed by atoms with Crippen LogP contribution in [0.15, 0.2) is 48.5 Å². The fourth-order valence-electron chi connectivity index (χ4n) is 2.56. The van der Waals surface area contributed by atoms with Gasteiger partial charge >= 0.3 is 0 Å². The molecule has 0 fully saturated rings. The summed E-state index contributed by atoms with van der Waals surface area (Å²) in [4.78, 5) is 12.8. The Kier molecular flexibility index (Phi) is 10.4. The molecule has 4 nitrogen and oxygen atoms in total. The smallest absolute Gasteiger partial charge is 0.285 e. The predicted molar refractivity (Wildman–Crippen MR) is 114 cm³/mol. The van der Waals surface area contributed by atoms with E-state index >= 15 is 0 Å². The number of halogens is 4. The van der Waals surface area contributed by atoms with Gasteiger partial charge in [0.05, 0.1) is 19.7 Å². The molecule has 0 bridgehead atoms. The highest BCUT2D eigenvalue weighted by molar-refractivity contribution is 6.30. The molecule has 0 heterocycles. The molecule has 0 unspecified atom stereocenters. The highest BCUT2D eigenvalue weighted by Crippen LogP contribution is 2.29. The zero-order valence-electron chi connectivity index (χ0n) is 16.5. The van der Waals surface area contributed by atoms with E-state index < -0.39 is 12.5 Å². The number of alkyl halides is 2. The summed E-state index contributed by atoms with van der Waals surface area (Å²) in [6.45, 7) is -0.343. The lowest BCUT2D eigenvalue weighted by atomic mass is 10.1. The molecule has 2 aromatic carbocycles. The monoisotopic (exact) mass is 446 g/mol. The molecule has 0 aliphatic carbocycles. The van der Waals surface area contributed by atoms with Gasteiger partial charge in [0.25, 0.3) is 5.92 Å². The van der Waals surface area contributed by atoms with E-state index in [9.17, 15) is 13.6 Å². The molecule has 0 atom stereocenters. The summed E-state index contributed by atoms with van der Waals surface area (Å²) in [5.74, 6) is -2.97. The van der Waals surface area contributed by atoms with Gasteiger partial charge in [0.2, 0.25) is 5.91 Å². The zero-order chi connectivity index (χ0) is 20.6. The van der Waals surface area contributed by atoms with Gasteiger partial charge in [0.15, 0.2) is 0 Å². The Labute approximate surface area is 181 Å². The molecule has 0 aliphatic heterocycles. The van der Waals surface area contributed by atoms with Crippen LogP contribution >= 0.6 is 24.0 Å². The van der Waals surface area contributed by atoms with Crippen LogP contribution in [0.4, 0.5) is 8.78 Å². The second-order valence-electron chi connectivity index (χ2n) is 6.71. The van der Waals surface area contributed by atoms with Crippen LogP contribution in [-0.4, -0.2) is 44.6 Å². The van der Waals surface area contributed by atoms with Gasteiger partial charge in [-0.1, -0.05) is 35.9 Å². The molecule has 0 spiro atoms. The van der Waals surface area contributed by atoms with Crippen molar-refractivity contribution in [2.45, 2.75) is 18.8 Å². The van der Waals surface area contributed by atoms with Crippen molar-refractivity contribution in [2.75, 3.05) is 33.8 Å². The Morgan fingerprint density at radius 3 is 2.59 bits per heavy atom. The molecule has 0 aromatic heterocycles. The molecule has 2 rings (SSSR count). The molecule has 1 N–H and O–H groups in total. The number of carbonyl (C=O) groups excluding carboxylic acids is 1. The van der Waals surface area contributed by atoms with Gasteiger partial charge in [0.1, 0.15) is 5.75 Å². The van der Waals surface area contributed by atoms with Crippen LogP contribution < -0.4 is 10.1 Å². The van der Waals surface area contributed by atoms with Crippen LogP contribution in [0.1, 0.15) is 17.5 Å². The van der Waals surface area contributed by atoms with Crippen molar-refractivity contribution < 1.29 is 18.3 Å². The number of amides is 1. The fraction of sp³-hybridized carbons (Fsp3) is 0.381. The van der Waals surface area contributed by atoms with Gasteiger partial charge in [-0.15, -0.1) is 12.4 Å². The van der Waals surface area contributed by atoms with Crippen molar-refractivity contribution in [1.82, 2.24) is 10.2 Å². The first kappa shape index (κ1) is 25.1. The van der Waals surface area contributed by atoms with E-state index in [1.807, 2.05) is 24.3 Å². The standard InChI is InChI=1S/C21H25ClF2N2O2.ClH/c1-26(2)20(27)14-25-15-21(23,24)17-8-4-10-19(13-17)28-11-5-7-16-6-3-9-18(22)12-16;/h3-4,6,8-10,12-13,25H,5,7,11,14-15H2,1-2H3;1H. The first-order chi connectivity index (χ1) is 13.3. The molecule has 2 aromatic rings. The minimum absolute atomic E-state index is 0. The Hall–Kier alpha value is -1.89. The number of benzene rings is 2. The number of hydrogen-bond acceptors (Lipinski definition) is 3. The largest absolute Gasteiger partial charge is 0.494 e. The highest BCUT2D eigenvalue weighted by Gasteiger charge is 2.31. The van der Waals surface area contributed by atoms with E-state index in [-0.39, 0.29) is 30.4 Å². The summed E-state index contributed by atoms with van der Waals surface area (Å²) in [6.07, 6.45) is 1.54. The van der Waals surface area contributed by atoms with Crippen LogP contribution in [-0.2, 0) is 17.1 Å². The van der Waals surface area contributed by atoms with E-state index in [0.29, 0.717) is 17.4 Å². The summed E-state index contributed by atoms with van der Waals surface area (Å²) in [5.41, 5.74) is 0.958. The third kappa shape index (κ3) is 8.56. The number of rotatable bonds is 10. The molecule has 8 heteroatoms. The maximum Gasteiger partial charge on any atom is 0.285 e. The second kappa shape index (κ2) is 12.0. The van der Waals surface area contributed by atoms with Gasteiger partial charge in [-0.3, -0.25) is 4.79 Å². The molecule has 0 saturated carbocycles. The van der Waals surface area contributed by atoms with Crippen molar-refractivity contribution >= 4 is 29.9 Å². The van der Waals surface area contributed by atoms with Crippen LogP contribution in [0.5, 0.6) is 5.75 Å². The first-order valence-corrected chi connectivity index (χ1v) is 9.42. The van der Waals surface area contributed by atoms with Crippen LogP contribution in [0.3, 0.4) is 0 Å². The van der Waals surface area contributed by atoms with Crippen LogP contribution in [0.2, 0.25) is 5.02 Å². The lowest BCUT2D eigenvalue weighted by Crippen LogP contribution is -2.38. The quantitative estimate of drug-likeness (QED) is 0.544. The molecule has 0 radical (unpaired) electrons. The number of aryl methyl sites for hydroxylation is 1. The molecule has 0 aliphatic rings. The van der Waals surface area contributed by atoms with Crippen molar-refractivity contribution in [3.63, 3.8) is 0 Å². The molecule has 1 amide bonds. The number of likely N-dealkylation sites (N-methyl/N-ethyl adjacent to an activating group) is 1. The Balaban J connectivity index is 0.00000420. The summed E-state index contributed by atoms with van der Waals surface area (Å²) in [6, 6.07) is 13.5. The van der Waals surface area contributed by atoms with Gasteiger partial charge in [-0.2, -0.15) is 8.78 Å². The van der Waals surface area contributed by atoms with E-state index in [1.165, 1.54) is 17.0 Å². The average molecular weight is 447 g/mol.